The third-order valence-corrected chi connectivity index (χ3v) is 4.65. The molecule has 1 aromatic heterocycles. The number of nitrogens with zero attached hydrogens (tertiary/aromatic N) is 3. The van der Waals surface area contributed by atoms with Gasteiger partial charge in [0.2, 0.25) is 0 Å². The summed E-state index contributed by atoms with van der Waals surface area (Å²) in [4.78, 5) is 6.84. The quantitative estimate of drug-likeness (QED) is 0.778. The first-order chi connectivity index (χ1) is 11.1. The molecule has 0 unspecified atom stereocenters. The third kappa shape index (κ3) is 3.62. The van der Waals surface area contributed by atoms with Crippen molar-refractivity contribution >= 4 is 11.6 Å². The number of rotatable bonds is 7. The van der Waals surface area contributed by atoms with E-state index in [0.717, 1.165) is 36.0 Å². The lowest BCUT2D eigenvalue weighted by Gasteiger charge is -2.23. The molecule has 1 heterocycles. The SMILES string of the molecule is COc1ccc(OC)c(CN(Cc2ncc(Cl)n2C)C2CC2)c1. The van der Waals surface area contributed by atoms with Crippen LogP contribution in [0.15, 0.2) is 24.4 Å². The molecule has 124 valence electrons. The molecular formula is C17H22ClN3O2. The molecule has 0 atom stereocenters. The zero-order valence-corrected chi connectivity index (χ0v) is 14.5. The Kier molecular flexibility index (Phi) is 4.78. The number of aromatic nitrogens is 2. The predicted octanol–water partition coefficient (Wildman–Crippen LogP) is 3.26. The summed E-state index contributed by atoms with van der Waals surface area (Å²) in [7, 11) is 5.33. The molecule has 1 saturated carbocycles. The molecule has 23 heavy (non-hydrogen) atoms. The maximum Gasteiger partial charge on any atom is 0.128 e. The molecule has 0 saturated heterocycles. The molecule has 3 rings (SSSR count). The molecule has 1 aliphatic rings. The monoisotopic (exact) mass is 335 g/mol. The van der Waals surface area contributed by atoms with Gasteiger partial charge in [-0.2, -0.15) is 0 Å². The van der Waals surface area contributed by atoms with Crippen molar-refractivity contribution < 1.29 is 9.47 Å². The molecule has 0 amide bonds. The van der Waals surface area contributed by atoms with E-state index in [1.165, 1.54) is 12.8 Å². The summed E-state index contributed by atoms with van der Waals surface area (Å²) in [6.45, 7) is 1.57. The number of methoxy groups -OCH3 is 2. The minimum absolute atomic E-state index is 0.599. The second-order valence-corrected chi connectivity index (χ2v) is 6.26. The summed E-state index contributed by atoms with van der Waals surface area (Å²) >= 11 is 6.10. The second-order valence-electron chi connectivity index (χ2n) is 5.87. The molecule has 0 radical (unpaired) electrons. The van der Waals surface area contributed by atoms with Gasteiger partial charge in [-0.25, -0.2) is 4.98 Å². The average molecular weight is 336 g/mol. The number of imidazole rings is 1. The first kappa shape index (κ1) is 16.1. The number of halogens is 1. The van der Waals surface area contributed by atoms with Gasteiger partial charge < -0.3 is 14.0 Å². The molecule has 1 aliphatic carbocycles. The Hall–Kier alpha value is -1.72. The summed E-state index contributed by atoms with van der Waals surface area (Å²) in [5.41, 5.74) is 1.12. The van der Waals surface area contributed by atoms with Gasteiger partial charge in [0.1, 0.15) is 22.5 Å². The van der Waals surface area contributed by atoms with Gasteiger partial charge in [0, 0.05) is 25.2 Å². The molecule has 6 heteroatoms. The van der Waals surface area contributed by atoms with Gasteiger partial charge >= 0.3 is 0 Å². The summed E-state index contributed by atoms with van der Waals surface area (Å²) in [5, 5.41) is 0.662. The van der Waals surface area contributed by atoms with Gasteiger partial charge in [0.05, 0.1) is 27.0 Å². The minimum atomic E-state index is 0.599. The third-order valence-electron chi connectivity index (χ3n) is 4.30. The van der Waals surface area contributed by atoms with Gasteiger partial charge in [-0.05, 0) is 31.0 Å². The summed E-state index contributed by atoms with van der Waals surface area (Å²) in [6, 6.07) is 6.51. The highest BCUT2D eigenvalue weighted by atomic mass is 35.5. The van der Waals surface area contributed by atoms with Gasteiger partial charge in [0.15, 0.2) is 0 Å². The Labute approximate surface area is 141 Å². The van der Waals surface area contributed by atoms with Gasteiger partial charge in [0.25, 0.3) is 0 Å². The van der Waals surface area contributed by atoms with Crippen molar-refractivity contribution in [3.63, 3.8) is 0 Å². The molecule has 0 spiro atoms. The Morgan fingerprint density at radius 1 is 1.26 bits per heavy atom. The molecule has 2 aromatic rings. The van der Waals surface area contributed by atoms with Crippen LogP contribution in [-0.2, 0) is 20.1 Å². The molecule has 0 aliphatic heterocycles. The first-order valence-corrected chi connectivity index (χ1v) is 8.11. The lowest BCUT2D eigenvalue weighted by atomic mass is 10.1. The van der Waals surface area contributed by atoms with Crippen molar-refractivity contribution in [2.24, 2.45) is 7.05 Å². The topological polar surface area (TPSA) is 39.5 Å². The first-order valence-electron chi connectivity index (χ1n) is 7.73. The van der Waals surface area contributed by atoms with Crippen molar-refractivity contribution in [1.29, 1.82) is 0 Å². The number of hydrogen-bond donors (Lipinski definition) is 0. The van der Waals surface area contributed by atoms with Crippen molar-refractivity contribution in [1.82, 2.24) is 14.5 Å². The largest absolute Gasteiger partial charge is 0.497 e. The molecule has 0 bridgehead atoms. The fourth-order valence-electron chi connectivity index (χ4n) is 2.73. The zero-order valence-electron chi connectivity index (χ0n) is 13.8. The van der Waals surface area contributed by atoms with Gasteiger partial charge in [-0.3, -0.25) is 4.90 Å². The van der Waals surface area contributed by atoms with Crippen LogP contribution < -0.4 is 9.47 Å². The van der Waals surface area contributed by atoms with Crippen LogP contribution >= 0.6 is 11.6 Å². The Morgan fingerprint density at radius 2 is 2.04 bits per heavy atom. The Bertz CT molecular complexity index is 682. The number of ether oxygens (including phenoxy) is 2. The van der Waals surface area contributed by atoms with E-state index in [1.807, 2.05) is 29.8 Å². The van der Waals surface area contributed by atoms with E-state index in [9.17, 15) is 0 Å². The van der Waals surface area contributed by atoms with Crippen LogP contribution in [-0.4, -0.2) is 34.7 Å². The maximum absolute atomic E-state index is 6.10. The van der Waals surface area contributed by atoms with E-state index >= 15 is 0 Å². The van der Waals surface area contributed by atoms with Crippen LogP contribution in [0.4, 0.5) is 0 Å². The van der Waals surface area contributed by atoms with Gasteiger partial charge in [-0.1, -0.05) is 11.6 Å². The van der Waals surface area contributed by atoms with Crippen LogP contribution in [0.25, 0.3) is 0 Å². The number of hydrogen-bond acceptors (Lipinski definition) is 4. The summed E-state index contributed by atoms with van der Waals surface area (Å²) in [6.07, 6.45) is 4.16. The lowest BCUT2D eigenvalue weighted by molar-refractivity contribution is 0.233. The summed E-state index contributed by atoms with van der Waals surface area (Å²) in [5.74, 6) is 2.70. The van der Waals surface area contributed by atoms with E-state index in [1.54, 1.807) is 20.4 Å². The maximum atomic E-state index is 6.10. The fourth-order valence-corrected chi connectivity index (χ4v) is 2.88. The predicted molar refractivity (Wildman–Crippen MR) is 90.0 cm³/mol. The van der Waals surface area contributed by atoms with E-state index in [-0.39, 0.29) is 0 Å². The standard InChI is InChI=1S/C17H22ClN3O2/c1-20-16(18)9-19-17(20)11-21(13-4-5-13)10-12-8-14(22-2)6-7-15(12)23-3/h6-9,13H,4-5,10-11H2,1-3H3. The minimum Gasteiger partial charge on any atom is -0.497 e. The zero-order chi connectivity index (χ0) is 16.4. The van der Waals surface area contributed by atoms with Crippen molar-refractivity contribution in [3.8, 4) is 11.5 Å². The second kappa shape index (κ2) is 6.81. The van der Waals surface area contributed by atoms with Crippen LogP contribution in [0.2, 0.25) is 5.15 Å². The van der Waals surface area contributed by atoms with Crippen molar-refractivity contribution in [2.45, 2.75) is 32.0 Å². The smallest absolute Gasteiger partial charge is 0.128 e. The molecular weight excluding hydrogens is 314 g/mol. The average Bonchev–Trinajstić information content (AvgIpc) is 3.36. The molecule has 1 fully saturated rings. The van der Waals surface area contributed by atoms with Crippen LogP contribution in [0.1, 0.15) is 24.2 Å². The molecule has 5 nitrogen and oxygen atoms in total. The molecule has 0 N–H and O–H groups in total. The summed E-state index contributed by atoms with van der Waals surface area (Å²) < 4.78 is 12.8. The highest BCUT2D eigenvalue weighted by Gasteiger charge is 2.30. The number of benzene rings is 1. The van der Waals surface area contributed by atoms with Crippen molar-refractivity contribution in [3.05, 3.63) is 40.9 Å². The van der Waals surface area contributed by atoms with Crippen molar-refractivity contribution in [2.75, 3.05) is 14.2 Å². The van der Waals surface area contributed by atoms with Crippen LogP contribution in [0.3, 0.4) is 0 Å². The lowest BCUT2D eigenvalue weighted by Crippen LogP contribution is -2.26. The van der Waals surface area contributed by atoms with Crippen LogP contribution in [0.5, 0.6) is 11.5 Å². The fraction of sp³-hybridized carbons (Fsp3) is 0.471. The highest BCUT2D eigenvalue weighted by Crippen LogP contribution is 2.33. The van der Waals surface area contributed by atoms with E-state index < -0.39 is 0 Å². The van der Waals surface area contributed by atoms with Crippen LogP contribution in [0, 0.1) is 0 Å². The van der Waals surface area contributed by atoms with Gasteiger partial charge in [-0.15, -0.1) is 0 Å². The Morgan fingerprint density at radius 3 is 2.61 bits per heavy atom. The normalized spacial score (nSPS) is 14.3. The van der Waals surface area contributed by atoms with E-state index in [0.29, 0.717) is 11.2 Å². The Balaban J connectivity index is 1.81. The van der Waals surface area contributed by atoms with E-state index in [2.05, 4.69) is 9.88 Å². The highest BCUT2D eigenvalue weighted by molar-refractivity contribution is 6.29. The molecule has 1 aromatic carbocycles. The van der Waals surface area contributed by atoms with E-state index in [4.69, 9.17) is 21.1 Å².